The van der Waals surface area contributed by atoms with Crippen molar-refractivity contribution in [3.05, 3.63) is 35.4 Å². The van der Waals surface area contributed by atoms with Gasteiger partial charge in [-0.05, 0) is 24.0 Å². The largest absolute Gasteiger partial charge is 0.392 e. The van der Waals surface area contributed by atoms with Crippen molar-refractivity contribution < 1.29 is 9.90 Å². The summed E-state index contributed by atoms with van der Waals surface area (Å²) >= 11 is 0. The fourth-order valence-electron chi connectivity index (χ4n) is 1.50. The molecule has 0 spiro atoms. The van der Waals surface area contributed by atoms with Crippen molar-refractivity contribution in [1.29, 1.82) is 0 Å². The molecule has 2 nitrogen and oxygen atoms in total. The van der Waals surface area contributed by atoms with Crippen LogP contribution in [0, 0.1) is 0 Å². The molecular weight excluding hydrogens is 176 g/mol. The van der Waals surface area contributed by atoms with Crippen LogP contribution in [0.3, 0.4) is 0 Å². The van der Waals surface area contributed by atoms with Crippen molar-refractivity contribution >= 4 is 5.78 Å². The Balaban J connectivity index is 2.71. The van der Waals surface area contributed by atoms with Crippen molar-refractivity contribution in [2.45, 2.75) is 32.8 Å². The molecule has 76 valence electrons. The molecule has 0 saturated heterocycles. The Morgan fingerprint density at radius 1 is 1.36 bits per heavy atom. The van der Waals surface area contributed by atoms with Crippen molar-refractivity contribution in [2.75, 3.05) is 0 Å². The van der Waals surface area contributed by atoms with Crippen LogP contribution < -0.4 is 0 Å². The van der Waals surface area contributed by atoms with Crippen molar-refractivity contribution in [1.82, 2.24) is 0 Å². The van der Waals surface area contributed by atoms with E-state index in [0.29, 0.717) is 6.42 Å². The number of aliphatic hydroxyl groups excluding tert-OH is 1. The minimum atomic E-state index is 0.0708. The van der Waals surface area contributed by atoms with E-state index in [1.807, 2.05) is 31.2 Å². The minimum Gasteiger partial charge on any atom is -0.392 e. The highest BCUT2D eigenvalue weighted by Gasteiger charge is 2.07. The normalized spacial score (nSPS) is 12.5. The zero-order valence-electron chi connectivity index (χ0n) is 8.66. The van der Waals surface area contributed by atoms with Crippen LogP contribution in [-0.4, -0.2) is 10.9 Å². The highest BCUT2D eigenvalue weighted by Crippen LogP contribution is 2.19. The lowest BCUT2D eigenvalue weighted by atomic mass is 9.95. The van der Waals surface area contributed by atoms with Crippen LogP contribution in [0.1, 0.15) is 37.3 Å². The first kappa shape index (κ1) is 10.9. The van der Waals surface area contributed by atoms with E-state index >= 15 is 0 Å². The number of carbonyl (C=O) groups is 1. The molecule has 1 aromatic rings. The molecule has 0 aliphatic rings. The van der Waals surface area contributed by atoms with Gasteiger partial charge < -0.3 is 9.90 Å². The molecule has 1 aromatic carbocycles. The molecule has 1 atom stereocenters. The van der Waals surface area contributed by atoms with Gasteiger partial charge in [0.2, 0.25) is 0 Å². The summed E-state index contributed by atoms with van der Waals surface area (Å²) in [5.41, 5.74) is 2.06. The van der Waals surface area contributed by atoms with Crippen molar-refractivity contribution in [2.24, 2.45) is 0 Å². The first-order valence-corrected chi connectivity index (χ1v) is 4.82. The number of rotatable bonds is 4. The zero-order chi connectivity index (χ0) is 10.6. The molecule has 0 amide bonds. The maximum atomic E-state index is 10.9. The van der Waals surface area contributed by atoms with Crippen LogP contribution in [0.15, 0.2) is 24.3 Å². The van der Waals surface area contributed by atoms with E-state index in [1.54, 1.807) is 6.92 Å². The molecule has 0 bridgehead atoms. The number of Topliss-reactive ketones (excluding diaryl/α,β-unsaturated/α-hetero) is 1. The van der Waals surface area contributed by atoms with Gasteiger partial charge in [-0.3, -0.25) is 0 Å². The summed E-state index contributed by atoms with van der Waals surface area (Å²) in [6, 6.07) is 7.73. The third-order valence-electron chi connectivity index (χ3n) is 2.32. The minimum absolute atomic E-state index is 0.0708. The number of benzene rings is 1. The molecule has 2 heteroatoms. The van der Waals surface area contributed by atoms with E-state index < -0.39 is 0 Å². The quantitative estimate of drug-likeness (QED) is 0.794. The van der Waals surface area contributed by atoms with E-state index in [0.717, 1.165) is 11.1 Å². The summed E-state index contributed by atoms with van der Waals surface area (Å²) in [5, 5.41) is 8.86. The molecule has 0 aliphatic carbocycles. The van der Waals surface area contributed by atoms with Crippen LogP contribution in [0.5, 0.6) is 0 Å². The fraction of sp³-hybridized carbons (Fsp3) is 0.417. The summed E-state index contributed by atoms with van der Waals surface area (Å²) < 4.78 is 0. The molecular formula is C12H16O2. The predicted octanol–water partition coefficient (Wildman–Crippen LogP) is 2.26. The van der Waals surface area contributed by atoms with Gasteiger partial charge in [-0.2, -0.15) is 0 Å². The third kappa shape index (κ3) is 2.96. The highest BCUT2D eigenvalue weighted by atomic mass is 16.3. The Bertz CT molecular complexity index is 301. The Labute approximate surface area is 84.6 Å². The summed E-state index contributed by atoms with van der Waals surface area (Å²) in [6.07, 6.45) is 0.582. The summed E-state index contributed by atoms with van der Waals surface area (Å²) in [5.74, 6) is 0.476. The van der Waals surface area contributed by atoms with Crippen LogP contribution in [0.4, 0.5) is 0 Å². The summed E-state index contributed by atoms with van der Waals surface area (Å²) in [7, 11) is 0. The van der Waals surface area contributed by atoms with Gasteiger partial charge in [-0.25, -0.2) is 0 Å². The number of hydrogen-bond acceptors (Lipinski definition) is 2. The molecule has 1 rings (SSSR count). The summed E-state index contributed by atoms with van der Waals surface area (Å²) in [6.45, 7) is 3.72. The van der Waals surface area contributed by atoms with Gasteiger partial charge in [0.05, 0.1) is 6.61 Å². The average Bonchev–Trinajstić information content (AvgIpc) is 2.17. The molecule has 0 aromatic heterocycles. The SMILES string of the molecule is CC(=O)CC(C)c1ccc(CO)cc1. The molecule has 14 heavy (non-hydrogen) atoms. The molecule has 0 saturated carbocycles. The predicted molar refractivity (Wildman–Crippen MR) is 56.1 cm³/mol. The first-order valence-electron chi connectivity index (χ1n) is 4.82. The second-order valence-electron chi connectivity index (χ2n) is 3.71. The Morgan fingerprint density at radius 2 is 1.93 bits per heavy atom. The van der Waals surface area contributed by atoms with E-state index in [2.05, 4.69) is 0 Å². The van der Waals surface area contributed by atoms with Crippen molar-refractivity contribution in [3.63, 3.8) is 0 Å². The summed E-state index contributed by atoms with van der Waals surface area (Å²) in [4.78, 5) is 10.9. The van der Waals surface area contributed by atoms with Crippen molar-refractivity contribution in [3.8, 4) is 0 Å². The van der Waals surface area contributed by atoms with Crippen LogP contribution >= 0.6 is 0 Å². The fourth-order valence-corrected chi connectivity index (χ4v) is 1.50. The molecule has 1 N–H and O–H groups in total. The van der Waals surface area contributed by atoms with Gasteiger partial charge in [0.15, 0.2) is 0 Å². The van der Waals surface area contributed by atoms with E-state index in [1.165, 1.54) is 0 Å². The highest BCUT2D eigenvalue weighted by molar-refractivity contribution is 5.76. The van der Waals surface area contributed by atoms with Gasteiger partial charge in [0, 0.05) is 6.42 Å². The number of aliphatic hydroxyl groups is 1. The number of carbonyl (C=O) groups excluding carboxylic acids is 1. The molecule has 0 heterocycles. The molecule has 0 radical (unpaired) electrons. The lowest BCUT2D eigenvalue weighted by Crippen LogP contribution is -2.00. The topological polar surface area (TPSA) is 37.3 Å². The van der Waals surface area contributed by atoms with Gasteiger partial charge in [0.25, 0.3) is 0 Å². The number of ketones is 1. The van der Waals surface area contributed by atoms with Crippen LogP contribution in [0.25, 0.3) is 0 Å². The van der Waals surface area contributed by atoms with E-state index in [9.17, 15) is 4.79 Å². The Hall–Kier alpha value is -1.15. The number of hydrogen-bond donors (Lipinski definition) is 1. The van der Waals surface area contributed by atoms with Gasteiger partial charge in [-0.15, -0.1) is 0 Å². The Morgan fingerprint density at radius 3 is 2.36 bits per heavy atom. The average molecular weight is 192 g/mol. The van der Waals surface area contributed by atoms with Gasteiger partial charge >= 0.3 is 0 Å². The van der Waals surface area contributed by atoms with Crippen LogP contribution in [-0.2, 0) is 11.4 Å². The standard InChI is InChI=1S/C12H16O2/c1-9(7-10(2)14)12-5-3-11(8-13)4-6-12/h3-6,9,13H,7-8H2,1-2H3. The third-order valence-corrected chi connectivity index (χ3v) is 2.32. The smallest absolute Gasteiger partial charge is 0.130 e. The van der Waals surface area contributed by atoms with E-state index in [-0.39, 0.29) is 18.3 Å². The Kier molecular flexibility index (Phi) is 3.84. The zero-order valence-corrected chi connectivity index (χ0v) is 8.66. The maximum Gasteiger partial charge on any atom is 0.130 e. The maximum absolute atomic E-state index is 10.9. The molecule has 1 unspecified atom stereocenters. The molecule has 0 aliphatic heterocycles. The first-order chi connectivity index (χ1) is 6.63. The van der Waals surface area contributed by atoms with Crippen LogP contribution in [0.2, 0.25) is 0 Å². The lowest BCUT2D eigenvalue weighted by Gasteiger charge is -2.09. The van der Waals surface area contributed by atoms with Gasteiger partial charge in [0.1, 0.15) is 5.78 Å². The second-order valence-corrected chi connectivity index (χ2v) is 3.71. The monoisotopic (exact) mass is 192 g/mol. The van der Waals surface area contributed by atoms with Gasteiger partial charge in [-0.1, -0.05) is 31.2 Å². The lowest BCUT2D eigenvalue weighted by molar-refractivity contribution is -0.117. The second kappa shape index (κ2) is 4.91. The van der Waals surface area contributed by atoms with E-state index in [4.69, 9.17) is 5.11 Å². The molecule has 0 fully saturated rings.